The van der Waals surface area contributed by atoms with E-state index in [9.17, 15) is 14.0 Å². The molecule has 0 aliphatic carbocycles. The van der Waals surface area contributed by atoms with Gasteiger partial charge in [0.2, 0.25) is 11.8 Å². The molecule has 2 amide bonds. The highest BCUT2D eigenvalue weighted by atomic mass is 35.5. The van der Waals surface area contributed by atoms with Crippen molar-refractivity contribution in [2.75, 3.05) is 0 Å². The van der Waals surface area contributed by atoms with Crippen LogP contribution in [0.25, 0.3) is 0 Å². The predicted molar refractivity (Wildman–Crippen MR) is 86.0 cm³/mol. The summed E-state index contributed by atoms with van der Waals surface area (Å²) in [5.74, 6) is -1.05. The molecule has 5 N–H and O–H groups in total. The molecule has 0 unspecified atom stereocenters. The second-order valence-electron chi connectivity index (χ2n) is 5.33. The van der Waals surface area contributed by atoms with Crippen molar-refractivity contribution in [1.82, 2.24) is 5.32 Å². The number of halogens is 2. The summed E-state index contributed by atoms with van der Waals surface area (Å²) in [7, 11) is 0. The maximum atomic E-state index is 13.9. The first-order chi connectivity index (χ1) is 9.81. The number of hydrogen-bond acceptors (Lipinski definition) is 3. The Labute approximate surface area is 136 Å². The predicted octanol–water partition coefficient (Wildman–Crippen LogP) is 1.58. The Morgan fingerprint density at radius 1 is 1.32 bits per heavy atom. The molecule has 0 aromatic heterocycles. The van der Waals surface area contributed by atoms with Crippen molar-refractivity contribution in [2.45, 2.75) is 45.2 Å². The Kier molecular flexibility index (Phi) is 8.67. The molecule has 0 heterocycles. The minimum atomic E-state index is -0.824. The molecule has 7 heteroatoms. The zero-order valence-corrected chi connectivity index (χ0v) is 13.6. The summed E-state index contributed by atoms with van der Waals surface area (Å²) in [4.78, 5) is 22.3. The Balaban J connectivity index is 0.00000441. The maximum absolute atomic E-state index is 13.9. The van der Waals surface area contributed by atoms with E-state index in [0.717, 1.165) is 5.56 Å². The average molecular weight is 332 g/mol. The summed E-state index contributed by atoms with van der Waals surface area (Å²) in [6, 6.07) is 4.14. The van der Waals surface area contributed by atoms with Gasteiger partial charge in [0, 0.05) is 18.5 Å². The van der Waals surface area contributed by atoms with E-state index in [1.54, 1.807) is 6.07 Å². The zero-order valence-electron chi connectivity index (χ0n) is 12.8. The van der Waals surface area contributed by atoms with Gasteiger partial charge in [-0.3, -0.25) is 9.59 Å². The minimum Gasteiger partial charge on any atom is -0.370 e. The molecule has 22 heavy (non-hydrogen) atoms. The highest BCUT2D eigenvalue weighted by molar-refractivity contribution is 5.85. The van der Waals surface area contributed by atoms with Gasteiger partial charge in [0.1, 0.15) is 5.82 Å². The van der Waals surface area contributed by atoms with Crippen LogP contribution < -0.4 is 16.8 Å². The first-order valence-electron chi connectivity index (χ1n) is 6.91. The third-order valence-corrected chi connectivity index (χ3v) is 3.24. The molecule has 0 aliphatic rings. The molecule has 0 saturated carbocycles. The molecule has 1 rings (SSSR count). The van der Waals surface area contributed by atoms with Crippen LogP contribution in [0.2, 0.25) is 0 Å². The Hall–Kier alpha value is -1.66. The summed E-state index contributed by atoms with van der Waals surface area (Å²) in [6.45, 7) is 4.02. The van der Waals surface area contributed by atoms with Crippen LogP contribution in [0.3, 0.4) is 0 Å². The van der Waals surface area contributed by atoms with E-state index >= 15 is 0 Å². The third-order valence-electron chi connectivity index (χ3n) is 3.24. The monoisotopic (exact) mass is 331 g/mol. The van der Waals surface area contributed by atoms with Crippen LogP contribution in [-0.2, 0) is 16.1 Å². The van der Waals surface area contributed by atoms with Crippen molar-refractivity contribution in [3.8, 4) is 0 Å². The second-order valence-corrected chi connectivity index (χ2v) is 5.33. The number of carbonyl (C=O) groups excluding carboxylic acids is 2. The number of rotatable bonds is 7. The molecule has 0 bridgehead atoms. The first kappa shape index (κ1) is 20.3. The molecule has 5 nitrogen and oxygen atoms in total. The number of amides is 2. The van der Waals surface area contributed by atoms with Crippen LogP contribution in [0.15, 0.2) is 18.2 Å². The van der Waals surface area contributed by atoms with Gasteiger partial charge < -0.3 is 16.8 Å². The largest absolute Gasteiger partial charge is 0.370 e. The first-order valence-corrected chi connectivity index (χ1v) is 6.91. The van der Waals surface area contributed by atoms with Gasteiger partial charge in [-0.15, -0.1) is 12.4 Å². The summed E-state index contributed by atoms with van der Waals surface area (Å²) >= 11 is 0. The van der Waals surface area contributed by atoms with Crippen LogP contribution in [-0.4, -0.2) is 17.9 Å². The quantitative estimate of drug-likeness (QED) is 0.707. The fraction of sp³-hybridized carbons (Fsp3) is 0.467. The Morgan fingerprint density at radius 3 is 2.45 bits per heavy atom. The molecule has 0 radical (unpaired) electrons. The smallest absolute Gasteiger partial charge is 0.237 e. The molecule has 1 aromatic rings. The lowest BCUT2D eigenvalue weighted by Crippen LogP contribution is -2.40. The van der Waals surface area contributed by atoms with Crippen LogP contribution in [0, 0.1) is 5.82 Å². The summed E-state index contributed by atoms with van der Waals surface area (Å²) in [5.41, 5.74) is 11.9. The van der Waals surface area contributed by atoms with Gasteiger partial charge in [0.25, 0.3) is 0 Å². The van der Waals surface area contributed by atoms with Crippen molar-refractivity contribution in [1.29, 1.82) is 0 Å². The van der Waals surface area contributed by atoms with Crippen molar-refractivity contribution in [2.24, 2.45) is 11.5 Å². The van der Waals surface area contributed by atoms with Crippen molar-refractivity contribution >= 4 is 24.2 Å². The Morgan fingerprint density at radius 2 is 1.95 bits per heavy atom. The highest BCUT2D eigenvalue weighted by Gasteiger charge is 2.15. The van der Waals surface area contributed by atoms with Gasteiger partial charge in [0.15, 0.2) is 0 Å². The molecule has 0 spiro atoms. The van der Waals surface area contributed by atoms with Gasteiger partial charge in [-0.05, 0) is 24.0 Å². The van der Waals surface area contributed by atoms with Gasteiger partial charge in [-0.1, -0.05) is 26.0 Å². The number of nitrogens with one attached hydrogen (secondary N) is 1. The van der Waals surface area contributed by atoms with E-state index in [1.807, 2.05) is 19.9 Å². The van der Waals surface area contributed by atoms with E-state index in [0.29, 0.717) is 5.56 Å². The lowest BCUT2D eigenvalue weighted by Gasteiger charge is -2.13. The van der Waals surface area contributed by atoms with Crippen molar-refractivity contribution < 1.29 is 14.0 Å². The van der Waals surface area contributed by atoms with Gasteiger partial charge in [0.05, 0.1) is 6.04 Å². The van der Waals surface area contributed by atoms with E-state index in [4.69, 9.17) is 11.5 Å². The van der Waals surface area contributed by atoms with E-state index in [-0.39, 0.29) is 43.5 Å². The fourth-order valence-electron chi connectivity index (χ4n) is 1.81. The molecule has 0 aliphatic heterocycles. The lowest BCUT2D eigenvalue weighted by molar-refractivity contribution is -0.123. The number of nitrogens with two attached hydrogens (primary N) is 2. The molecule has 1 aromatic carbocycles. The van der Waals surface area contributed by atoms with Gasteiger partial charge in [-0.2, -0.15) is 0 Å². The molecular formula is C15H23ClFN3O2. The van der Waals surface area contributed by atoms with E-state index < -0.39 is 17.9 Å². The van der Waals surface area contributed by atoms with E-state index in [2.05, 4.69) is 5.32 Å². The molecular weight excluding hydrogens is 309 g/mol. The molecule has 0 saturated heterocycles. The average Bonchev–Trinajstić information content (AvgIpc) is 2.42. The second kappa shape index (κ2) is 9.38. The van der Waals surface area contributed by atoms with Crippen LogP contribution in [0.1, 0.15) is 43.7 Å². The van der Waals surface area contributed by atoms with Gasteiger partial charge in [-0.25, -0.2) is 4.39 Å². The summed E-state index contributed by atoms with van der Waals surface area (Å²) in [6.07, 6.45) is 0.224. The van der Waals surface area contributed by atoms with Crippen molar-refractivity contribution in [3.63, 3.8) is 0 Å². The number of primary amides is 1. The SMILES string of the molecule is CC(C)c1ccc(CNC(=O)[C@@H](N)CCC(N)=O)c(F)c1.Cl. The normalized spacial score (nSPS) is 11.7. The minimum absolute atomic E-state index is 0. The van der Waals surface area contributed by atoms with Crippen molar-refractivity contribution in [3.05, 3.63) is 35.1 Å². The van der Waals surface area contributed by atoms with Crippen LogP contribution >= 0.6 is 12.4 Å². The zero-order chi connectivity index (χ0) is 16.0. The molecule has 1 atom stereocenters. The van der Waals surface area contributed by atoms with Gasteiger partial charge >= 0.3 is 0 Å². The van der Waals surface area contributed by atoms with Crippen LogP contribution in [0.4, 0.5) is 4.39 Å². The Bertz CT molecular complexity index is 524. The topological polar surface area (TPSA) is 98.2 Å². The fourth-order valence-corrected chi connectivity index (χ4v) is 1.81. The maximum Gasteiger partial charge on any atom is 0.237 e. The number of hydrogen-bond donors (Lipinski definition) is 3. The standard InChI is InChI=1S/C15H22FN3O2.ClH/c1-9(2)10-3-4-11(12(16)7-10)8-19-15(21)13(17)5-6-14(18)20;/h3-4,7,9,13H,5-6,8,17H2,1-2H3,(H2,18,20)(H,19,21);1H/t13-;/m0./s1. The third kappa shape index (κ3) is 6.41. The summed E-state index contributed by atoms with van der Waals surface area (Å²) < 4.78 is 13.9. The lowest BCUT2D eigenvalue weighted by atomic mass is 10.0. The molecule has 124 valence electrons. The van der Waals surface area contributed by atoms with Crippen LogP contribution in [0.5, 0.6) is 0 Å². The van der Waals surface area contributed by atoms with E-state index in [1.165, 1.54) is 6.07 Å². The number of carbonyl (C=O) groups is 2. The molecule has 0 fully saturated rings. The number of benzene rings is 1. The summed E-state index contributed by atoms with van der Waals surface area (Å²) in [5, 5.41) is 2.56. The highest BCUT2D eigenvalue weighted by Crippen LogP contribution is 2.17.